The summed E-state index contributed by atoms with van der Waals surface area (Å²) >= 11 is 0. The Labute approximate surface area is 65.3 Å². The van der Waals surface area contributed by atoms with E-state index in [1.807, 2.05) is 11.9 Å². The fraction of sp³-hybridized carbons (Fsp3) is 0.571. The van der Waals surface area contributed by atoms with Crippen LogP contribution >= 0.6 is 0 Å². The van der Waals surface area contributed by atoms with Crippen molar-refractivity contribution in [1.29, 1.82) is 0 Å². The van der Waals surface area contributed by atoms with Crippen LogP contribution in [0, 0.1) is 0 Å². The molecule has 0 unspecified atom stereocenters. The van der Waals surface area contributed by atoms with Crippen LogP contribution in [-0.2, 0) is 4.79 Å². The van der Waals surface area contributed by atoms with E-state index in [0.29, 0.717) is 24.2 Å². The molecule has 4 nitrogen and oxygen atoms in total. The summed E-state index contributed by atoms with van der Waals surface area (Å²) in [6, 6.07) is 0. The fourth-order valence-corrected chi connectivity index (χ4v) is 1.12. The molecule has 0 aromatic heterocycles. The molecule has 4 heteroatoms. The first-order valence-corrected chi connectivity index (χ1v) is 3.50. The third-order valence-electron chi connectivity index (χ3n) is 1.84. The molecule has 62 valence electrons. The van der Waals surface area contributed by atoms with Crippen LogP contribution in [0.1, 0.15) is 6.42 Å². The molecule has 0 aromatic carbocycles. The predicted molar refractivity (Wildman–Crippen MR) is 41.0 cm³/mol. The lowest BCUT2D eigenvalue weighted by Gasteiger charge is -2.23. The molecule has 0 atom stereocenters. The molecular formula is C7H12N2O2. The minimum Gasteiger partial charge on any atom is -0.478 e. The number of carboxylic acid groups (broad SMARTS) is 1. The molecule has 3 N–H and O–H groups in total. The Morgan fingerprint density at radius 2 is 2.36 bits per heavy atom. The average Bonchev–Trinajstić information content (AvgIpc) is 1.94. The second-order valence-corrected chi connectivity index (χ2v) is 2.80. The minimum absolute atomic E-state index is 0.346. The monoisotopic (exact) mass is 156 g/mol. The van der Waals surface area contributed by atoms with Crippen molar-refractivity contribution >= 4 is 5.97 Å². The van der Waals surface area contributed by atoms with Crippen LogP contribution in [0.3, 0.4) is 0 Å². The van der Waals surface area contributed by atoms with Gasteiger partial charge in [0.05, 0.1) is 5.57 Å². The first kappa shape index (κ1) is 8.07. The summed E-state index contributed by atoms with van der Waals surface area (Å²) in [5.41, 5.74) is 6.38. The van der Waals surface area contributed by atoms with Crippen molar-refractivity contribution in [1.82, 2.24) is 4.90 Å². The van der Waals surface area contributed by atoms with Crippen molar-refractivity contribution in [2.45, 2.75) is 6.42 Å². The SMILES string of the molecule is CN1CCC(N)=C(C(=O)O)C1. The summed E-state index contributed by atoms with van der Waals surface area (Å²) in [5.74, 6) is -0.894. The topological polar surface area (TPSA) is 66.6 Å². The summed E-state index contributed by atoms with van der Waals surface area (Å²) < 4.78 is 0. The predicted octanol–water partition coefficient (Wildman–Crippen LogP) is -0.381. The van der Waals surface area contributed by atoms with Crippen LogP contribution in [0.2, 0.25) is 0 Å². The van der Waals surface area contributed by atoms with Crippen molar-refractivity contribution in [2.75, 3.05) is 20.1 Å². The van der Waals surface area contributed by atoms with Crippen molar-refractivity contribution in [3.8, 4) is 0 Å². The number of hydrogen-bond acceptors (Lipinski definition) is 3. The van der Waals surface area contributed by atoms with Crippen molar-refractivity contribution < 1.29 is 9.90 Å². The van der Waals surface area contributed by atoms with Gasteiger partial charge in [-0.1, -0.05) is 0 Å². The highest BCUT2D eigenvalue weighted by Crippen LogP contribution is 2.11. The number of likely N-dealkylation sites (N-methyl/N-ethyl adjacent to an activating group) is 1. The number of nitrogens with two attached hydrogens (primary N) is 1. The van der Waals surface area contributed by atoms with E-state index in [4.69, 9.17) is 10.8 Å². The molecule has 1 rings (SSSR count). The van der Waals surface area contributed by atoms with Crippen LogP contribution in [-0.4, -0.2) is 36.1 Å². The third kappa shape index (κ3) is 1.71. The second-order valence-electron chi connectivity index (χ2n) is 2.80. The van der Waals surface area contributed by atoms with Crippen LogP contribution < -0.4 is 5.73 Å². The maximum Gasteiger partial charge on any atom is 0.334 e. The Balaban J connectivity index is 2.80. The highest BCUT2D eigenvalue weighted by atomic mass is 16.4. The molecule has 0 bridgehead atoms. The number of hydrogen-bond donors (Lipinski definition) is 2. The zero-order chi connectivity index (χ0) is 8.43. The summed E-state index contributed by atoms with van der Waals surface area (Å²) in [4.78, 5) is 12.5. The molecule has 0 spiro atoms. The van der Waals surface area contributed by atoms with E-state index < -0.39 is 5.97 Å². The smallest absolute Gasteiger partial charge is 0.334 e. The maximum atomic E-state index is 10.5. The van der Waals surface area contributed by atoms with E-state index in [9.17, 15) is 4.79 Å². The molecule has 0 aromatic rings. The highest BCUT2D eigenvalue weighted by molar-refractivity contribution is 5.88. The molecule has 0 radical (unpaired) electrons. The average molecular weight is 156 g/mol. The lowest BCUT2D eigenvalue weighted by molar-refractivity contribution is -0.133. The Morgan fingerprint density at radius 3 is 2.82 bits per heavy atom. The first-order valence-electron chi connectivity index (χ1n) is 3.50. The van der Waals surface area contributed by atoms with Crippen molar-refractivity contribution in [2.24, 2.45) is 5.73 Å². The van der Waals surface area contributed by atoms with Gasteiger partial charge in [0.1, 0.15) is 0 Å². The summed E-state index contributed by atoms with van der Waals surface area (Å²) in [5, 5.41) is 8.66. The molecule has 0 fully saturated rings. The standard InChI is InChI=1S/C7H12N2O2/c1-9-3-2-6(8)5(4-9)7(10)11/h2-4,8H2,1H3,(H,10,11). The molecule has 1 aliphatic rings. The number of carbonyl (C=O) groups is 1. The Kier molecular flexibility index (Phi) is 2.14. The van der Waals surface area contributed by atoms with Gasteiger partial charge in [0.2, 0.25) is 0 Å². The second kappa shape index (κ2) is 2.92. The largest absolute Gasteiger partial charge is 0.478 e. The Hall–Kier alpha value is -1.03. The molecule has 0 amide bonds. The van der Waals surface area contributed by atoms with Gasteiger partial charge in [-0.3, -0.25) is 0 Å². The van der Waals surface area contributed by atoms with Gasteiger partial charge in [0.25, 0.3) is 0 Å². The molecular weight excluding hydrogens is 144 g/mol. The van der Waals surface area contributed by atoms with Crippen molar-refractivity contribution in [3.63, 3.8) is 0 Å². The van der Waals surface area contributed by atoms with Crippen LogP contribution in [0.15, 0.2) is 11.3 Å². The van der Waals surface area contributed by atoms with Crippen LogP contribution in [0.5, 0.6) is 0 Å². The van der Waals surface area contributed by atoms with Gasteiger partial charge in [-0.05, 0) is 7.05 Å². The Bertz CT molecular complexity index is 210. The van der Waals surface area contributed by atoms with Gasteiger partial charge >= 0.3 is 5.97 Å². The molecule has 1 aliphatic heterocycles. The van der Waals surface area contributed by atoms with Crippen LogP contribution in [0.25, 0.3) is 0 Å². The van der Waals surface area contributed by atoms with Gasteiger partial charge < -0.3 is 15.7 Å². The van der Waals surface area contributed by atoms with E-state index in [-0.39, 0.29) is 0 Å². The van der Waals surface area contributed by atoms with E-state index in [1.165, 1.54) is 0 Å². The first-order chi connectivity index (χ1) is 5.11. The zero-order valence-corrected chi connectivity index (χ0v) is 6.50. The molecule has 0 saturated carbocycles. The Morgan fingerprint density at radius 1 is 1.73 bits per heavy atom. The van der Waals surface area contributed by atoms with Gasteiger partial charge in [-0.2, -0.15) is 0 Å². The quantitative estimate of drug-likeness (QED) is 0.543. The summed E-state index contributed by atoms with van der Waals surface area (Å²) in [6.07, 6.45) is 0.665. The number of nitrogens with zero attached hydrogens (tertiary/aromatic N) is 1. The van der Waals surface area contributed by atoms with E-state index in [2.05, 4.69) is 0 Å². The van der Waals surface area contributed by atoms with Gasteiger partial charge in [-0.15, -0.1) is 0 Å². The molecule has 0 saturated heterocycles. The maximum absolute atomic E-state index is 10.5. The minimum atomic E-state index is -0.894. The molecule has 11 heavy (non-hydrogen) atoms. The lowest BCUT2D eigenvalue weighted by Crippen LogP contribution is -2.32. The third-order valence-corrected chi connectivity index (χ3v) is 1.84. The number of aliphatic carboxylic acids is 1. The lowest BCUT2D eigenvalue weighted by atomic mass is 10.1. The van der Waals surface area contributed by atoms with Gasteiger partial charge in [0.15, 0.2) is 0 Å². The molecule has 1 heterocycles. The zero-order valence-electron chi connectivity index (χ0n) is 6.50. The normalized spacial score (nSPS) is 20.5. The van der Waals surface area contributed by atoms with Crippen LogP contribution in [0.4, 0.5) is 0 Å². The highest BCUT2D eigenvalue weighted by Gasteiger charge is 2.18. The van der Waals surface area contributed by atoms with Gasteiger partial charge in [0, 0.05) is 25.2 Å². The number of carboxylic acids is 1. The molecule has 0 aliphatic carbocycles. The number of rotatable bonds is 1. The fourth-order valence-electron chi connectivity index (χ4n) is 1.12. The van der Waals surface area contributed by atoms with E-state index >= 15 is 0 Å². The summed E-state index contributed by atoms with van der Waals surface area (Å²) in [7, 11) is 1.88. The van der Waals surface area contributed by atoms with Crippen molar-refractivity contribution in [3.05, 3.63) is 11.3 Å². The van der Waals surface area contributed by atoms with E-state index in [1.54, 1.807) is 0 Å². The van der Waals surface area contributed by atoms with E-state index in [0.717, 1.165) is 6.54 Å². The summed E-state index contributed by atoms with van der Waals surface area (Å²) in [6.45, 7) is 1.31. The van der Waals surface area contributed by atoms with Gasteiger partial charge in [-0.25, -0.2) is 4.79 Å².